The molecule has 35 heteroatoms. The van der Waals surface area contributed by atoms with Gasteiger partial charge in [-0.25, -0.2) is 0 Å². The molecule has 23 nitrogen and oxygen atoms in total. The molecule has 0 aromatic heterocycles. The number of nitro benzene ring substituents is 3. The number of halogens is 12. The minimum absolute atomic E-state index is 0. The maximum absolute atomic E-state index is 13.4. The number of esters is 2. The number of rotatable bonds is 21. The van der Waals surface area contributed by atoms with Gasteiger partial charge in [-0.15, -0.1) is 15.3 Å². The molecule has 0 aliphatic rings. The molecule has 0 aliphatic heterocycles. The second-order valence-corrected chi connectivity index (χ2v) is 20.5. The predicted molar refractivity (Wildman–Crippen MR) is 324 cm³/mol. The van der Waals surface area contributed by atoms with Crippen molar-refractivity contribution in [1.82, 2.24) is 0 Å². The summed E-state index contributed by atoms with van der Waals surface area (Å²) in [5.74, 6) is -0.809. The summed E-state index contributed by atoms with van der Waals surface area (Å²) in [6.45, 7) is 6.88. The summed E-state index contributed by atoms with van der Waals surface area (Å²) in [7, 11) is 3.68. The number of nitrogens with zero attached hydrogens (tertiary/aromatic N) is 13. The lowest BCUT2D eigenvalue weighted by atomic mass is 10.1. The van der Waals surface area contributed by atoms with Crippen molar-refractivity contribution in [3.63, 3.8) is 0 Å². The summed E-state index contributed by atoms with van der Waals surface area (Å²) >= 11 is 8.70. The van der Waals surface area contributed by atoms with Crippen LogP contribution < -0.4 is 14.7 Å². The number of carbonyl (C=O) groups excluding carboxylic acids is 2. The van der Waals surface area contributed by atoms with Crippen molar-refractivity contribution >= 4 is 128 Å². The molecule has 6 aromatic carbocycles. The first-order valence-corrected chi connectivity index (χ1v) is 27.5. The third kappa shape index (κ3) is 23.2. The lowest BCUT2D eigenvalue weighted by Gasteiger charge is -2.23. The topological polar surface area (TPSA) is 290 Å². The Morgan fingerprint density at radius 3 is 1.09 bits per heavy atom. The zero-order valence-corrected chi connectivity index (χ0v) is 51.5. The molecule has 0 unspecified atom stereocenters. The van der Waals surface area contributed by atoms with E-state index in [1.165, 1.54) is 26.0 Å². The van der Waals surface area contributed by atoms with Crippen LogP contribution in [0.1, 0.15) is 51.3 Å². The highest BCUT2D eigenvalue weighted by atomic mass is 79.9. The number of nitriles is 1. The summed E-state index contributed by atoms with van der Waals surface area (Å²) in [6, 6.07) is 25.6. The van der Waals surface area contributed by atoms with Crippen molar-refractivity contribution in [3.8, 4) is 6.07 Å². The van der Waals surface area contributed by atoms with Gasteiger partial charge in [0.05, 0.1) is 87.5 Å². The summed E-state index contributed by atoms with van der Waals surface area (Å²) < 4.78 is 129. The van der Waals surface area contributed by atoms with Gasteiger partial charge in [0.15, 0.2) is 0 Å². The Labute approximate surface area is 531 Å². The van der Waals surface area contributed by atoms with E-state index < -0.39 is 90.1 Å². The first kappa shape index (κ1) is 75.2. The molecular formula is C55H51Br3F9N13O10. The first-order valence-electron chi connectivity index (χ1n) is 25.2. The van der Waals surface area contributed by atoms with E-state index in [9.17, 15) is 79.4 Å². The van der Waals surface area contributed by atoms with Crippen LogP contribution in [0.3, 0.4) is 0 Å². The molecule has 0 saturated heterocycles. The van der Waals surface area contributed by atoms with Gasteiger partial charge in [-0.3, -0.25) is 39.9 Å². The fourth-order valence-corrected chi connectivity index (χ4v) is 8.70. The van der Waals surface area contributed by atoms with Crippen molar-refractivity contribution < 1.29 is 73.3 Å². The van der Waals surface area contributed by atoms with Gasteiger partial charge in [-0.1, -0.05) is 7.43 Å². The number of likely N-dealkylation sites (N-methyl/N-ethyl adjacent to an activating group) is 1. The second kappa shape index (κ2) is 34.1. The van der Waals surface area contributed by atoms with Crippen LogP contribution in [0.15, 0.2) is 153 Å². The maximum atomic E-state index is 13.4. The molecule has 0 atom stereocenters. The maximum Gasteiger partial charge on any atom is 0.418 e. The van der Waals surface area contributed by atoms with Crippen LogP contribution in [-0.2, 0) is 37.6 Å². The number of ether oxygens (including phenoxy) is 2. The van der Waals surface area contributed by atoms with Crippen LogP contribution in [0.2, 0.25) is 0 Å². The smallest absolute Gasteiger partial charge is 0.418 e. The molecule has 6 aromatic rings. The van der Waals surface area contributed by atoms with Crippen LogP contribution in [-0.4, -0.2) is 80.2 Å². The van der Waals surface area contributed by atoms with Gasteiger partial charge in [-0.2, -0.15) is 60.1 Å². The van der Waals surface area contributed by atoms with Gasteiger partial charge in [0.1, 0.15) is 30.3 Å². The lowest BCUT2D eigenvalue weighted by molar-refractivity contribution is -0.385. The summed E-state index contributed by atoms with van der Waals surface area (Å²) in [4.78, 5) is 57.1. The number of carbonyl (C=O) groups is 2. The van der Waals surface area contributed by atoms with Crippen molar-refractivity contribution in [2.75, 3.05) is 68.2 Å². The van der Waals surface area contributed by atoms with Gasteiger partial charge < -0.3 is 24.2 Å². The molecule has 90 heavy (non-hydrogen) atoms. The Kier molecular flexibility index (Phi) is 28.5. The third-order valence-electron chi connectivity index (χ3n) is 11.7. The van der Waals surface area contributed by atoms with E-state index in [0.717, 1.165) is 36.1 Å². The SMILES string of the molecule is C.CC(=O)OCCN(C)c1ccc(N=Nc2c(Br)cc([N+](=O)[O-])cc2C(F)(F)F)cc1.CC(=O)OCCN(CCC#N)c1ccc(N=Nc2c(Br)cc([N+](=O)[O-])cc2C(F)(F)F)cc1.CCN(C)c1ccc(N=Nc2c(Br)cc([N+](=O)[O-])cc2C(F)(F)F)cc1. The molecule has 0 fully saturated rings. The lowest BCUT2D eigenvalue weighted by Crippen LogP contribution is -2.28. The van der Waals surface area contributed by atoms with Crippen LogP contribution in [0.5, 0.6) is 0 Å². The van der Waals surface area contributed by atoms with Crippen molar-refractivity contribution in [2.24, 2.45) is 30.7 Å². The largest absolute Gasteiger partial charge is 0.464 e. The standard InChI is InChI=1S/C20H17BrF3N5O4.C18H16BrF3N4O4.C16H14BrF3N4O2.CH4/c1-13(30)33-10-9-28(8-2-7-25)15-5-3-14(4-6-15)26-27-19-17(20(22,23)24)11-16(29(31)32)12-18(19)21;1-11(27)30-8-7-25(2)13-5-3-12(4-6-13)23-24-17-15(18(20,21)22)9-14(26(28)29)10-16(17)19;1-3-23(2)11-6-4-10(5-7-11)21-22-15-13(16(18,19)20)8-12(24(25)26)9-14(15)17;/h3-6,11-12H,2,8-10H2,1H3;3-6,9-10H,7-8H2,1-2H3;4-9H,3H2,1-2H3;1H4. The molecule has 0 N–H and O–H groups in total. The van der Waals surface area contributed by atoms with E-state index in [1.807, 2.05) is 34.7 Å². The number of benzene rings is 6. The summed E-state index contributed by atoms with van der Waals surface area (Å²) in [6.07, 6.45) is -14.3. The fraction of sp³-hybridized carbons (Fsp3) is 0.291. The number of anilines is 3. The van der Waals surface area contributed by atoms with E-state index in [1.54, 1.807) is 67.7 Å². The van der Waals surface area contributed by atoms with E-state index in [2.05, 4.69) is 78.5 Å². The quantitative estimate of drug-likeness (QED) is 0.0213. The molecule has 6 rings (SSSR count). The van der Waals surface area contributed by atoms with Crippen molar-refractivity contribution in [1.29, 1.82) is 5.26 Å². The predicted octanol–water partition coefficient (Wildman–Crippen LogP) is 18.7. The van der Waals surface area contributed by atoms with Crippen LogP contribution in [0.4, 0.5) is 108 Å². The Bertz CT molecular complexity index is 3630. The molecule has 0 saturated carbocycles. The number of alkyl halides is 9. The Hall–Kier alpha value is -9.04. The Morgan fingerprint density at radius 1 is 0.511 bits per heavy atom. The zero-order valence-electron chi connectivity index (χ0n) is 46.8. The minimum Gasteiger partial charge on any atom is -0.464 e. The number of azo groups is 3. The van der Waals surface area contributed by atoms with E-state index in [4.69, 9.17) is 14.7 Å². The van der Waals surface area contributed by atoms with Crippen LogP contribution in [0.25, 0.3) is 0 Å². The van der Waals surface area contributed by atoms with E-state index >= 15 is 0 Å². The average molecular weight is 1460 g/mol. The first-order chi connectivity index (χ1) is 41.6. The highest BCUT2D eigenvalue weighted by Gasteiger charge is 2.39. The highest BCUT2D eigenvalue weighted by Crippen LogP contribution is 2.46. The minimum atomic E-state index is -4.88. The van der Waals surface area contributed by atoms with E-state index in [-0.39, 0.29) is 57.8 Å². The summed E-state index contributed by atoms with van der Waals surface area (Å²) in [5.41, 5.74) is -4.33. The van der Waals surface area contributed by atoms with Crippen LogP contribution in [0, 0.1) is 41.7 Å². The van der Waals surface area contributed by atoms with E-state index in [0.29, 0.717) is 49.2 Å². The second-order valence-electron chi connectivity index (χ2n) is 17.9. The molecule has 0 amide bonds. The van der Waals surface area contributed by atoms with Crippen molar-refractivity contribution in [3.05, 3.63) is 170 Å². The molecular weight excluding hydrogens is 1410 g/mol. The van der Waals surface area contributed by atoms with Gasteiger partial charge >= 0.3 is 30.5 Å². The highest BCUT2D eigenvalue weighted by molar-refractivity contribution is 9.11. The molecule has 0 heterocycles. The fourth-order valence-electron chi connectivity index (χ4n) is 7.12. The normalized spacial score (nSPS) is 11.4. The number of nitro groups is 3. The Morgan fingerprint density at radius 2 is 0.811 bits per heavy atom. The zero-order chi connectivity index (χ0) is 66.6. The molecule has 0 aliphatic carbocycles. The van der Waals surface area contributed by atoms with Gasteiger partial charge in [0.25, 0.3) is 17.1 Å². The summed E-state index contributed by atoms with van der Waals surface area (Å²) in [5, 5.41) is 63.8. The van der Waals surface area contributed by atoms with Gasteiger partial charge in [0.2, 0.25) is 0 Å². The average Bonchev–Trinajstić information content (AvgIpc) is 1.30. The molecule has 0 bridgehead atoms. The van der Waals surface area contributed by atoms with Gasteiger partial charge in [0, 0.05) is 94.5 Å². The Balaban J connectivity index is 0.000000353. The van der Waals surface area contributed by atoms with Crippen LogP contribution >= 0.6 is 47.8 Å². The van der Waals surface area contributed by atoms with Gasteiger partial charge in [-0.05, 0) is 128 Å². The number of hydrogen-bond donors (Lipinski definition) is 0. The molecule has 0 spiro atoms. The van der Waals surface area contributed by atoms with Crippen molar-refractivity contribution in [2.45, 2.75) is 53.1 Å². The number of non-ortho nitro benzene ring substituents is 3. The molecule has 0 radical (unpaired) electrons. The monoisotopic (exact) mass is 1460 g/mol. The number of hydrogen-bond acceptors (Lipinski definition) is 20. The molecule has 480 valence electrons. The third-order valence-corrected chi connectivity index (χ3v) is 13.5.